The Morgan fingerprint density at radius 3 is 3.00 bits per heavy atom. The minimum absolute atomic E-state index is 0.0172. The molecule has 2 N–H and O–H groups in total. The van der Waals surface area contributed by atoms with E-state index in [0.717, 1.165) is 19.4 Å². The molecule has 1 spiro atoms. The number of nitrogens with one attached hydrogen (secondary N) is 2. The van der Waals surface area contributed by atoms with Crippen LogP contribution in [0.3, 0.4) is 0 Å². The van der Waals surface area contributed by atoms with Gasteiger partial charge >= 0.3 is 0 Å². The number of amides is 1. The molecule has 1 amide bonds. The SMILES string of the molecule is O=C(NC1CCNC2(CCC2)C1)c1sccc1Cl. The van der Waals surface area contributed by atoms with Gasteiger partial charge in [-0.2, -0.15) is 0 Å². The molecule has 1 aliphatic carbocycles. The zero-order valence-electron chi connectivity index (χ0n) is 10.2. The van der Waals surface area contributed by atoms with Crippen molar-refractivity contribution in [2.45, 2.75) is 43.7 Å². The van der Waals surface area contributed by atoms with Crippen molar-refractivity contribution in [3.63, 3.8) is 0 Å². The summed E-state index contributed by atoms with van der Waals surface area (Å²) in [6.45, 7) is 1.00. The van der Waals surface area contributed by atoms with Crippen molar-refractivity contribution < 1.29 is 4.79 Å². The van der Waals surface area contributed by atoms with Gasteiger partial charge in [0, 0.05) is 11.6 Å². The lowest BCUT2D eigenvalue weighted by Crippen LogP contribution is -2.59. The minimum atomic E-state index is -0.0172. The average Bonchev–Trinajstić information content (AvgIpc) is 2.74. The third-order valence-electron chi connectivity index (χ3n) is 4.10. The molecule has 2 heterocycles. The van der Waals surface area contributed by atoms with Crippen molar-refractivity contribution in [2.75, 3.05) is 6.54 Å². The zero-order chi connectivity index (χ0) is 12.6. The van der Waals surface area contributed by atoms with Crippen LogP contribution in [0, 0.1) is 0 Å². The van der Waals surface area contributed by atoms with E-state index < -0.39 is 0 Å². The summed E-state index contributed by atoms with van der Waals surface area (Å²) in [6, 6.07) is 2.06. The van der Waals surface area contributed by atoms with Crippen molar-refractivity contribution in [1.82, 2.24) is 10.6 Å². The second kappa shape index (κ2) is 4.83. The van der Waals surface area contributed by atoms with E-state index in [1.54, 1.807) is 6.07 Å². The first kappa shape index (κ1) is 12.5. The van der Waals surface area contributed by atoms with Gasteiger partial charge in [-0.1, -0.05) is 11.6 Å². The summed E-state index contributed by atoms with van der Waals surface area (Å²) >= 11 is 7.39. The first-order valence-electron chi connectivity index (χ1n) is 6.47. The lowest BCUT2D eigenvalue weighted by atomic mass is 9.70. The van der Waals surface area contributed by atoms with Crippen LogP contribution in [0.1, 0.15) is 41.8 Å². The van der Waals surface area contributed by atoms with Gasteiger partial charge in [0.2, 0.25) is 0 Å². The Morgan fingerprint density at radius 1 is 1.56 bits per heavy atom. The van der Waals surface area contributed by atoms with E-state index >= 15 is 0 Å². The van der Waals surface area contributed by atoms with Crippen LogP contribution in [-0.4, -0.2) is 24.0 Å². The summed E-state index contributed by atoms with van der Waals surface area (Å²) in [5.41, 5.74) is 0.315. The fourth-order valence-corrected chi connectivity index (χ4v) is 4.02. The van der Waals surface area contributed by atoms with Gasteiger partial charge in [-0.25, -0.2) is 0 Å². The van der Waals surface area contributed by atoms with Crippen LogP contribution in [-0.2, 0) is 0 Å². The Bertz CT molecular complexity index is 456. The van der Waals surface area contributed by atoms with Crippen molar-refractivity contribution in [3.05, 3.63) is 21.3 Å². The molecular weight excluding hydrogens is 268 g/mol. The molecule has 1 unspecified atom stereocenters. The summed E-state index contributed by atoms with van der Waals surface area (Å²) in [5, 5.41) is 9.15. The maximum atomic E-state index is 12.1. The Balaban J connectivity index is 1.62. The Hall–Kier alpha value is -0.580. The van der Waals surface area contributed by atoms with Crippen molar-refractivity contribution in [3.8, 4) is 0 Å². The van der Waals surface area contributed by atoms with Crippen LogP contribution in [0.4, 0.5) is 0 Å². The quantitative estimate of drug-likeness (QED) is 0.877. The number of halogens is 1. The van der Waals surface area contributed by atoms with E-state index in [-0.39, 0.29) is 11.9 Å². The highest BCUT2D eigenvalue weighted by Crippen LogP contribution is 2.38. The van der Waals surface area contributed by atoms with Crippen LogP contribution in [0.25, 0.3) is 0 Å². The number of carbonyl (C=O) groups is 1. The van der Waals surface area contributed by atoms with Gasteiger partial charge in [-0.05, 0) is 50.1 Å². The largest absolute Gasteiger partial charge is 0.348 e. The lowest BCUT2D eigenvalue weighted by molar-refractivity contribution is 0.0857. The molecule has 18 heavy (non-hydrogen) atoms. The topological polar surface area (TPSA) is 41.1 Å². The average molecular weight is 285 g/mol. The molecule has 98 valence electrons. The Labute approximate surface area is 116 Å². The predicted octanol–water partition coefficient (Wildman–Crippen LogP) is 2.81. The van der Waals surface area contributed by atoms with Crippen molar-refractivity contribution >= 4 is 28.8 Å². The predicted molar refractivity (Wildman–Crippen MR) is 74.4 cm³/mol. The van der Waals surface area contributed by atoms with Gasteiger partial charge in [0.05, 0.1) is 5.02 Å². The molecule has 0 aromatic carbocycles. The molecule has 2 aliphatic rings. The smallest absolute Gasteiger partial charge is 0.263 e. The third-order valence-corrected chi connectivity index (χ3v) is 5.44. The molecule has 0 radical (unpaired) electrons. The molecule has 1 aromatic rings. The highest BCUT2D eigenvalue weighted by Gasteiger charge is 2.41. The maximum absolute atomic E-state index is 12.1. The highest BCUT2D eigenvalue weighted by atomic mass is 35.5. The number of hydrogen-bond acceptors (Lipinski definition) is 3. The van der Waals surface area contributed by atoms with Gasteiger partial charge in [0.1, 0.15) is 4.88 Å². The third kappa shape index (κ3) is 2.29. The lowest BCUT2D eigenvalue weighted by Gasteiger charge is -2.48. The van der Waals surface area contributed by atoms with Gasteiger partial charge in [-0.3, -0.25) is 4.79 Å². The number of carbonyl (C=O) groups excluding carboxylic acids is 1. The van der Waals surface area contributed by atoms with E-state index in [0.29, 0.717) is 15.4 Å². The van der Waals surface area contributed by atoms with Crippen molar-refractivity contribution in [1.29, 1.82) is 0 Å². The minimum Gasteiger partial charge on any atom is -0.348 e. The zero-order valence-corrected chi connectivity index (χ0v) is 11.7. The van der Waals surface area contributed by atoms with Gasteiger partial charge < -0.3 is 10.6 Å². The van der Waals surface area contributed by atoms with Crippen LogP contribution >= 0.6 is 22.9 Å². The molecule has 2 fully saturated rings. The highest BCUT2D eigenvalue weighted by molar-refractivity contribution is 7.12. The number of thiophene rings is 1. The van der Waals surface area contributed by atoms with Crippen LogP contribution < -0.4 is 10.6 Å². The van der Waals surface area contributed by atoms with E-state index in [9.17, 15) is 4.79 Å². The summed E-state index contributed by atoms with van der Waals surface area (Å²) in [7, 11) is 0. The fourth-order valence-electron chi connectivity index (χ4n) is 2.97. The maximum Gasteiger partial charge on any atom is 0.263 e. The van der Waals surface area contributed by atoms with E-state index in [2.05, 4.69) is 10.6 Å². The standard InChI is InChI=1S/C13H17ClN2OS/c14-10-3-7-18-11(10)12(17)16-9-2-6-15-13(8-9)4-1-5-13/h3,7,9,15H,1-2,4-6,8H2,(H,16,17). The first-order chi connectivity index (χ1) is 8.69. The molecule has 0 bridgehead atoms. The molecule has 3 nitrogen and oxygen atoms in total. The van der Waals surface area contributed by atoms with Crippen LogP contribution in [0.15, 0.2) is 11.4 Å². The van der Waals surface area contributed by atoms with Gasteiger partial charge in [0.15, 0.2) is 0 Å². The number of hydrogen-bond donors (Lipinski definition) is 2. The fraction of sp³-hybridized carbons (Fsp3) is 0.615. The second-order valence-electron chi connectivity index (χ2n) is 5.32. The summed E-state index contributed by atoms with van der Waals surface area (Å²) in [5.74, 6) is -0.0172. The first-order valence-corrected chi connectivity index (χ1v) is 7.73. The molecule has 1 aliphatic heterocycles. The van der Waals surface area contributed by atoms with E-state index in [1.165, 1.54) is 30.6 Å². The monoisotopic (exact) mass is 284 g/mol. The molecule has 1 saturated heterocycles. The van der Waals surface area contributed by atoms with Crippen LogP contribution in [0.2, 0.25) is 5.02 Å². The molecule has 5 heteroatoms. The second-order valence-corrected chi connectivity index (χ2v) is 6.64. The van der Waals surface area contributed by atoms with E-state index in [4.69, 9.17) is 11.6 Å². The normalized spacial score (nSPS) is 25.7. The summed E-state index contributed by atoms with van der Waals surface area (Å²) in [6.07, 6.45) is 5.88. The Kier molecular flexibility index (Phi) is 3.34. The number of piperidine rings is 1. The molecular formula is C13H17ClN2OS. The molecule has 1 aromatic heterocycles. The molecule has 1 saturated carbocycles. The van der Waals surface area contributed by atoms with Crippen LogP contribution in [0.5, 0.6) is 0 Å². The summed E-state index contributed by atoms with van der Waals surface area (Å²) in [4.78, 5) is 12.7. The Morgan fingerprint density at radius 2 is 2.39 bits per heavy atom. The van der Waals surface area contributed by atoms with E-state index in [1.807, 2.05) is 5.38 Å². The van der Waals surface area contributed by atoms with Gasteiger partial charge in [0.25, 0.3) is 5.91 Å². The van der Waals surface area contributed by atoms with Gasteiger partial charge in [-0.15, -0.1) is 11.3 Å². The van der Waals surface area contributed by atoms with Crippen molar-refractivity contribution in [2.24, 2.45) is 0 Å². The number of rotatable bonds is 2. The molecule has 1 atom stereocenters. The summed E-state index contributed by atoms with van der Waals surface area (Å²) < 4.78 is 0. The molecule has 3 rings (SSSR count).